The number of ether oxygens (including phenoxy) is 1. The van der Waals surface area contributed by atoms with Gasteiger partial charge in [0.15, 0.2) is 0 Å². The highest BCUT2D eigenvalue weighted by Crippen LogP contribution is 2.12. The Bertz CT molecular complexity index is 581. The number of esters is 1. The van der Waals surface area contributed by atoms with Crippen molar-refractivity contribution in [2.45, 2.75) is 11.8 Å². The molecule has 0 saturated carbocycles. The first-order valence-corrected chi connectivity index (χ1v) is 6.83. The standard InChI is InChI=1S/C11H13NO6S/c1-2-18-11(15)8-4-3-5-9(6-8)19(16,17)12-7-10(13)14/h3-6,12H,2,7H2,1H3,(H,13,14). The van der Waals surface area contributed by atoms with Gasteiger partial charge >= 0.3 is 11.9 Å². The Morgan fingerprint density at radius 1 is 1.37 bits per heavy atom. The molecule has 0 spiro atoms. The number of carbonyl (C=O) groups excluding carboxylic acids is 1. The smallest absolute Gasteiger partial charge is 0.338 e. The molecule has 2 N–H and O–H groups in total. The number of carboxylic acid groups (broad SMARTS) is 1. The predicted octanol–water partition coefficient (Wildman–Crippen LogP) is 0.226. The van der Waals surface area contributed by atoms with Gasteiger partial charge in [0.2, 0.25) is 10.0 Å². The number of carboxylic acids is 1. The van der Waals surface area contributed by atoms with Gasteiger partial charge in [-0.05, 0) is 25.1 Å². The number of rotatable bonds is 6. The van der Waals surface area contributed by atoms with Crippen molar-refractivity contribution in [1.82, 2.24) is 4.72 Å². The SMILES string of the molecule is CCOC(=O)c1cccc(S(=O)(=O)NCC(=O)O)c1. The molecule has 1 aromatic rings. The molecule has 0 aliphatic carbocycles. The second-order valence-corrected chi connectivity index (χ2v) is 5.23. The average Bonchev–Trinajstić information content (AvgIpc) is 2.37. The van der Waals surface area contributed by atoms with E-state index in [1.54, 1.807) is 6.92 Å². The van der Waals surface area contributed by atoms with Gasteiger partial charge in [0.25, 0.3) is 0 Å². The molecular formula is C11H13NO6S. The van der Waals surface area contributed by atoms with Gasteiger partial charge in [-0.1, -0.05) is 6.07 Å². The molecule has 8 heteroatoms. The van der Waals surface area contributed by atoms with Crippen LogP contribution in [0.3, 0.4) is 0 Å². The number of nitrogens with one attached hydrogen (secondary N) is 1. The summed E-state index contributed by atoms with van der Waals surface area (Å²) >= 11 is 0. The van der Waals surface area contributed by atoms with E-state index in [2.05, 4.69) is 0 Å². The highest BCUT2D eigenvalue weighted by atomic mass is 32.2. The molecule has 0 heterocycles. The number of hydrogen-bond acceptors (Lipinski definition) is 5. The number of hydrogen-bond donors (Lipinski definition) is 2. The first-order chi connectivity index (χ1) is 8.86. The second-order valence-electron chi connectivity index (χ2n) is 3.47. The minimum absolute atomic E-state index is 0.0834. The first-order valence-electron chi connectivity index (χ1n) is 5.35. The lowest BCUT2D eigenvalue weighted by Gasteiger charge is -2.06. The molecule has 0 saturated heterocycles. The van der Waals surface area contributed by atoms with E-state index in [0.29, 0.717) is 0 Å². The maximum absolute atomic E-state index is 11.7. The summed E-state index contributed by atoms with van der Waals surface area (Å²) < 4.78 is 30.1. The highest BCUT2D eigenvalue weighted by molar-refractivity contribution is 7.89. The van der Waals surface area contributed by atoms with E-state index in [4.69, 9.17) is 9.84 Å². The van der Waals surface area contributed by atoms with E-state index < -0.39 is 28.5 Å². The Balaban J connectivity index is 2.98. The topological polar surface area (TPSA) is 110 Å². The van der Waals surface area contributed by atoms with Crippen LogP contribution in [0.2, 0.25) is 0 Å². The fourth-order valence-corrected chi connectivity index (χ4v) is 2.26. The lowest BCUT2D eigenvalue weighted by atomic mass is 10.2. The number of aliphatic carboxylic acids is 1. The molecule has 0 aliphatic rings. The molecule has 0 aromatic heterocycles. The van der Waals surface area contributed by atoms with Crippen LogP contribution < -0.4 is 4.72 Å². The summed E-state index contributed by atoms with van der Waals surface area (Å²) in [4.78, 5) is 21.6. The van der Waals surface area contributed by atoms with E-state index >= 15 is 0 Å². The Hall–Kier alpha value is -1.93. The maximum atomic E-state index is 11.7. The van der Waals surface area contributed by atoms with E-state index in [9.17, 15) is 18.0 Å². The Morgan fingerprint density at radius 3 is 2.63 bits per heavy atom. The van der Waals surface area contributed by atoms with Gasteiger partial charge in [-0.3, -0.25) is 4.79 Å². The molecule has 1 aromatic carbocycles. The molecule has 1 rings (SSSR count). The normalized spacial score (nSPS) is 11.0. The van der Waals surface area contributed by atoms with Gasteiger partial charge < -0.3 is 9.84 Å². The van der Waals surface area contributed by atoms with Gasteiger partial charge in [0, 0.05) is 0 Å². The summed E-state index contributed by atoms with van der Waals surface area (Å²) in [7, 11) is -3.96. The fraction of sp³-hybridized carbons (Fsp3) is 0.273. The zero-order valence-corrected chi connectivity index (χ0v) is 10.9. The van der Waals surface area contributed by atoms with Crippen LogP contribution in [0.1, 0.15) is 17.3 Å². The van der Waals surface area contributed by atoms with Crippen molar-refractivity contribution in [2.75, 3.05) is 13.2 Å². The van der Waals surface area contributed by atoms with Crippen LogP contribution in [0.5, 0.6) is 0 Å². The van der Waals surface area contributed by atoms with Crippen LogP contribution in [-0.4, -0.2) is 38.6 Å². The largest absolute Gasteiger partial charge is 0.480 e. The summed E-state index contributed by atoms with van der Waals surface area (Å²) in [6.07, 6.45) is 0. The van der Waals surface area contributed by atoms with Crippen molar-refractivity contribution < 1.29 is 27.9 Å². The Morgan fingerprint density at radius 2 is 2.05 bits per heavy atom. The van der Waals surface area contributed by atoms with Gasteiger partial charge in [-0.25, -0.2) is 13.2 Å². The van der Waals surface area contributed by atoms with Crippen molar-refractivity contribution in [3.63, 3.8) is 0 Å². The van der Waals surface area contributed by atoms with Gasteiger partial charge in [0.1, 0.15) is 6.54 Å². The minimum Gasteiger partial charge on any atom is -0.480 e. The molecular weight excluding hydrogens is 274 g/mol. The molecule has 7 nitrogen and oxygen atoms in total. The fourth-order valence-electron chi connectivity index (χ4n) is 1.24. The maximum Gasteiger partial charge on any atom is 0.338 e. The molecule has 0 aliphatic heterocycles. The van der Waals surface area contributed by atoms with Crippen LogP contribution in [-0.2, 0) is 19.6 Å². The lowest BCUT2D eigenvalue weighted by molar-refractivity contribution is -0.135. The summed E-state index contributed by atoms with van der Waals surface area (Å²) in [6, 6.07) is 5.17. The van der Waals surface area contributed by atoms with E-state index in [0.717, 1.165) is 6.07 Å². The number of carbonyl (C=O) groups is 2. The number of sulfonamides is 1. The summed E-state index contributed by atoms with van der Waals surface area (Å²) in [6.45, 7) is 1.08. The summed E-state index contributed by atoms with van der Waals surface area (Å²) in [5.41, 5.74) is 0.0834. The van der Waals surface area contributed by atoms with Crippen LogP contribution in [0, 0.1) is 0 Å². The molecule has 104 valence electrons. The van der Waals surface area contributed by atoms with Crippen LogP contribution >= 0.6 is 0 Å². The lowest BCUT2D eigenvalue weighted by Crippen LogP contribution is -2.29. The van der Waals surface area contributed by atoms with Crippen molar-refractivity contribution in [1.29, 1.82) is 0 Å². The van der Waals surface area contributed by atoms with E-state index in [1.165, 1.54) is 18.2 Å². The highest BCUT2D eigenvalue weighted by Gasteiger charge is 2.17. The van der Waals surface area contributed by atoms with Crippen LogP contribution in [0.4, 0.5) is 0 Å². The van der Waals surface area contributed by atoms with Crippen molar-refractivity contribution >= 4 is 22.0 Å². The van der Waals surface area contributed by atoms with Crippen molar-refractivity contribution in [2.24, 2.45) is 0 Å². The zero-order valence-electron chi connectivity index (χ0n) is 10.1. The number of benzene rings is 1. The Labute approximate surface area is 110 Å². The molecule has 0 fully saturated rings. The second kappa shape index (κ2) is 6.30. The monoisotopic (exact) mass is 287 g/mol. The predicted molar refractivity (Wildman–Crippen MR) is 65.2 cm³/mol. The summed E-state index contributed by atoms with van der Waals surface area (Å²) in [5, 5.41) is 8.44. The van der Waals surface area contributed by atoms with E-state index in [-0.39, 0.29) is 17.1 Å². The Kier molecular flexibility index (Phi) is 5.02. The molecule has 0 bridgehead atoms. The zero-order chi connectivity index (χ0) is 14.5. The van der Waals surface area contributed by atoms with Crippen molar-refractivity contribution in [3.8, 4) is 0 Å². The third kappa shape index (κ3) is 4.34. The van der Waals surface area contributed by atoms with Crippen LogP contribution in [0.25, 0.3) is 0 Å². The quantitative estimate of drug-likeness (QED) is 0.725. The summed E-state index contributed by atoms with van der Waals surface area (Å²) in [5.74, 6) is -1.94. The molecule has 0 unspecified atom stereocenters. The van der Waals surface area contributed by atoms with Crippen molar-refractivity contribution in [3.05, 3.63) is 29.8 Å². The molecule has 19 heavy (non-hydrogen) atoms. The third-order valence-corrected chi connectivity index (χ3v) is 3.47. The average molecular weight is 287 g/mol. The molecule has 0 amide bonds. The van der Waals surface area contributed by atoms with Gasteiger partial charge in [-0.2, -0.15) is 4.72 Å². The van der Waals surface area contributed by atoms with Gasteiger partial charge in [-0.15, -0.1) is 0 Å². The third-order valence-electron chi connectivity index (χ3n) is 2.07. The molecule has 0 radical (unpaired) electrons. The van der Waals surface area contributed by atoms with E-state index in [1.807, 2.05) is 4.72 Å². The first kappa shape index (κ1) is 15.1. The van der Waals surface area contributed by atoms with Crippen LogP contribution in [0.15, 0.2) is 29.2 Å². The molecule has 0 atom stereocenters. The van der Waals surface area contributed by atoms with Gasteiger partial charge in [0.05, 0.1) is 17.1 Å². The minimum atomic E-state index is -3.96.